The smallest absolute Gasteiger partial charge is 0.341 e. The zero-order valence-corrected chi connectivity index (χ0v) is 18.8. The number of carboxylic acid groups (broad SMARTS) is 1. The molecule has 31 heavy (non-hydrogen) atoms. The minimum atomic E-state index is -1.32. The van der Waals surface area contributed by atoms with Gasteiger partial charge in [0.05, 0.1) is 10.3 Å². The summed E-state index contributed by atoms with van der Waals surface area (Å²) in [6, 6.07) is 3.06. The molecule has 0 aliphatic heterocycles. The number of aromatic carboxylic acids is 1. The van der Waals surface area contributed by atoms with Gasteiger partial charge in [0, 0.05) is 23.2 Å². The van der Waals surface area contributed by atoms with E-state index in [1.807, 2.05) is 6.07 Å². The van der Waals surface area contributed by atoms with Crippen LogP contribution in [0.15, 0.2) is 23.1 Å². The molecule has 3 N–H and O–H groups in total. The summed E-state index contributed by atoms with van der Waals surface area (Å²) < 4.78 is 16.8. The third-order valence-electron chi connectivity index (χ3n) is 6.37. The molecule has 1 saturated carbocycles. The molecule has 1 atom stereocenters. The number of nitrogens with zero attached hydrogens (tertiary/aromatic N) is 2. The number of nitrogens with two attached hydrogens (primary N) is 1. The van der Waals surface area contributed by atoms with Gasteiger partial charge >= 0.3 is 5.97 Å². The molecule has 3 aromatic heterocycles. The molecule has 0 radical (unpaired) electrons. The summed E-state index contributed by atoms with van der Waals surface area (Å²) in [4.78, 5) is 30.4. The van der Waals surface area contributed by atoms with E-state index in [-0.39, 0.29) is 46.5 Å². The number of thiophene rings is 1. The highest BCUT2D eigenvalue weighted by Crippen LogP contribution is 2.47. The van der Waals surface area contributed by atoms with E-state index in [4.69, 9.17) is 5.73 Å². The molecule has 0 amide bonds. The van der Waals surface area contributed by atoms with Crippen LogP contribution in [-0.2, 0) is 6.42 Å². The molecule has 1 fully saturated rings. The molecule has 0 saturated heterocycles. The number of hydrogen-bond donors (Lipinski definition) is 2. The van der Waals surface area contributed by atoms with Gasteiger partial charge in [-0.1, -0.05) is 13.8 Å². The van der Waals surface area contributed by atoms with Crippen LogP contribution >= 0.6 is 23.7 Å². The van der Waals surface area contributed by atoms with Crippen LogP contribution in [0.4, 0.5) is 4.39 Å². The average molecular weight is 464 g/mol. The van der Waals surface area contributed by atoms with Crippen LogP contribution in [0.25, 0.3) is 21.6 Å². The third kappa shape index (κ3) is 3.46. The standard InChI is InChI=1S/C22H22FN3O3S.ClH/c1-22(2)6-5-10-7-15(30-18(10)19(22)24)16-14(23)8-12-17(27)13(21(28)29)9-26(11-3-4-11)20(12)25-16;/h7-9,11,19H,3-6,24H2,1-2H3,(H,28,29);1H. The summed E-state index contributed by atoms with van der Waals surface area (Å²) in [6.45, 7) is 4.28. The Morgan fingerprint density at radius 3 is 2.71 bits per heavy atom. The van der Waals surface area contributed by atoms with Gasteiger partial charge in [0.2, 0.25) is 5.43 Å². The fourth-order valence-electron chi connectivity index (χ4n) is 4.19. The maximum absolute atomic E-state index is 15.1. The number of aromatic nitrogens is 2. The SMILES string of the molecule is CC1(C)CCc2cc(-c3nc4c(cc3F)c(=O)c(C(=O)O)cn4C3CC3)sc2C1N.Cl. The molecule has 3 aromatic rings. The predicted molar refractivity (Wildman–Crippen MR) is 121 cm³/mol. The van der Waals surface area contributed by atoms with Crippen molar-refractivity contribution in [3.05, 3.63) is 50.4 Å². The molecule has 9 heteroatoms. The van der Waals surface area contributed by atoms with E-state index in [0.29, 0.717) is 10.5 Å². The summed E-state index contributed by atoms with van der Waals surface area (Å²) in [5, 5.41) is 9.38. The van der Waals surface area contributed by atoms with Crippen molar-refractivity contribution in [3.63, 3.8) is 0 Å². The van der Waals surface area contributed by atoms with Crippen molar-refractivity contribution in [2.75, 3.05) is 0 Å². The van der Waals surface area contributed by atoms with Crippen molar-refractivity contribution in [1.82, 2.24) is 9.55 Å². The van der Waals surface area contributed by atoms with E-state index < -0.39 is 17.2 Å². The topological polar surface area (TPSA) is 98.2 Å². The monoisotopic (exact) mass is 463 g/mol. The Hall–Kier alpha value is -2.29. The number of carboxylic acids is 1. The molecule has 0 aromatic carbocycles. The van der Waals surface area contributed by atoms with Crippen molar-refractivity contribution in [2.45, 2.75) is 51.6 Å². The Morgan fingerprint density at radius 2 is 2.06 bits per heavy atom. The Labute approximate surface area is 188 Å². The lowest BCUT2D eigenvalue weighted by Crippen LogP contribution is -2.32. The number of aryl methyl sites for hydroxylation is 1. The lowest BCUT2D eigenvalue weighted by Gasteiger charge is -2.35. The zero-order chi connectivity index (χ0) is 21.4. The van der Waals surface area contributed by atoms with E-state index in [2.05, 4.69) is 18.8 Å². The Morgan fingerprint density at radius 1 is 1.35 bits per heavy atom. The van der Waals surface area contributed by atoms with Gasteiger partial charge in [-0.25, -0.2) is 14.2 Å². The van der Waals surface area contributed by atoms with E-state index in [1.54, 1.807) is 4.57 Å². The average Bonchev–Trinajstić information content (AvgIpc) is 3.43. The van der Waals surface area contributed by atoms with Crippen LogP contribution in [0.2, 0.25) is 0 Å². The number of halogens is 2. The number of pyridine rings is 2. The Kier molecular flexibility index (Phi) is 5.23. The van der Waals surface area contributed by atoms with Gasteiger partial charge in [-0.05, 0) is 48.8 Å². The van der Waals surface area contributed by atoms with Crippen molar-refractivity contribution in [3.8, 4) is 10.6 Å². The number of carbonyl (C=O) groups is 1. The second kappa shape index (κ2) is 7.39. The second-order valence-electron chi connectivity index (χ2n) is 8.97. The molecule has 5 rings (SSSR count). The van der Waals surface area contributed by atoms with Gasteiger partial charge < -0.3 is 15.4 Å². The van der Waals surface area contributed by atoms with Gasteiger partial charge in [-0.3, -0.25) is 4.79 Å². The number of hydrogen-bond acceptors (Lipinski definition) is 5. The number of fused-ring (bicyclic) bond motifs is 2. The fraction of sp³-hybridized carbons (Fsp3) is 0.409. The first kappa shape index (κ1) is 21.9. The van der Waals surface area contributed by atoms with Gasteiger partial charge in [-0.2, -0.15) is 0 Å². The molecule has 6 nitrogen and oxygen atoms in total. The number of rotatable bonds is 3. The van der Waals surface area contributed by atoms with Crippen LogP contribution in [0.1, 0.15) is 66.0 Å². The summed E-state index contributed by atoms with van der Waals surface area (Å²) in [7, 11) is 0. The zero-order valence-electron chi connectivity index (χ0n) is 17.1. The molecule has 2 aliphatic carbocycles. The highest BCUT2D eigenvalue weighted by atomic mass is 35.5. The van der Waals surface area contributed by atoms with E-state index in [1.165, 1.54) is 17.5 Å². The van der Waals surface area contributed by atoms with Gasteiger partial charge in [0.25, 0.3) is 0 Å². The lowest BCUT2D eigenvalue weighted by atomic mass is 9.74. The van der Waals surface area contributed by atoms with Crippen molar-refractivity contribution in [1.29, 1.82) is 0 Å². The second-order valence-corrected chi connectivity index (χ2v) is 10.1. The normalized spacial score (nSPS) is 19.7. The van der Waals surface area contributed by atoms with E-state index in [9.17, 15) is 14.7 Å². The highest BCUT2D eigenvalue weighted by molar-refractivity contribution is 7.15. The fourth-order valence-corrected chi connectivity index (χ4v) is 5.60. The van der Waals surface area contributed by atoms with Crippen LogP contribution < -0.4 is 11.2 Å². The van der Waals surface area contributed by atoms with Gasteiger partial charge in [0.1, 0.15) is 16.9 Å². The minimum Gasteiger partial charge on any atom is -0.477 e. The summed E-state index contributed by atoms with van der Waals surface area (Å²) in [5.41, 5.74) is 7.03. The minimum absolute atomic E-state index is 0. The molecular formula is C22H23ClFN3O3S. The molecule has 3 heterocycles. The van der Waals surface area contributed by atoms with Gasteiger partial charge in [-0.15, -0.1) is 23.7 Å². The van der Waals surface area contributed by atoms with Crippen LogP contribution in [0.3, 0.4) is 0 Å². The van der Waals surface area contributed by atoms with Crippen molar-refractivity contribution in [2.24, 2.45) is 11.1 Å². The summed E-state index contributed by atoms with van der Waals surface area (Å²) in [6.07, 6.45) is 4.95. The molecule has 164 valence electrons. The largest absolute Gasteiger partial charge is 0.477 e. The Bertz CT molecular complexity index is 1280. The first-order valence-corrected chi connectivity index (χ1v) is 10.9. The Balaban J connectivity index is 0.00000231. The van der Waals surface area contributed by atoms with Crippen LogP contribution in [-0.4, -0.2) is 20.6 Å². The van der Waals surface area contributed by atoms with Crippen molar-refractivity contribution >= 4 is 40.7 Å². The quantitative estimate of drug-likeness (QED) is 0.587. The molecule has 0 spiro atoms. The molecular weight excluding hydrogens is 441 g/mol. The lowest BCUT2D eigenvalue weighted by molar-refractivity contribution is 0.0695. The molecule has 0 bridgehead atoms. The first-order valence-electron chi connectivity index (χ1n) is 10.0. The van der Waals surface area contributed by atoms with Gasteiger partial charge in [0.15, 0.2) is 5.82 Å². The molecule has 2 aliphatic rings. The van der Waals surface area contributed by atoms with Crippen molar-refractivity contribution < 1.29 is 14.3 Å². The first-order chi connectivity index (χ1) is 14.2. The maximum atomic E-state index is 15.1. The van der Waals surface area contributed by atoms with Crippen LogP contribution in [0, 0.1) is 11.2 Å². The summed E-state index contributed by atoms with van der Waals surface area (Å²) in [5.74, 6) is -1.95. The maximum Gasteiger partial charge on any atom is 0.341 e. The summed E-state index contributed by atoms with van der Waals surface area (Å²) >= 11 is 1.45. The molecule has 1 unspecified atom stereocenters. The highest BCUT2D eigenvalue weighted by Gasteiger charge is 2.35. The third-order valence-corrected chi connectivity index (χ3v) is 7.63. The van der Waals surface area contributed by atoms with E-state index >= 15 is 4.39 Å². The van der Waals surface area contributed by atoms with Crippen LogP contribution in [0.5, 0.6) is 0 Å². The predicted octanol–water partition coefficient (Wildman–Crippen LogP) is 4.69. The van der Waals surface area contributed by atoms with E-state index in [0.717, 1.165) is 42.2 Å².